The summed E-state index contributed by atoms with van der Waals surface area (Å²) in [6.07, 6.45) is 0.767. The number of hydrogen-bond acceptors (Lipinski definition) is 4. The second-order valence-electron chi connectivity index (χ2n) is 3.45. The van der Waals surface area contributed by atoms with Crippen LogP contribution >= 0.6 is 11.3 Å². The first-order valence-corrected chi connectivity index (χ1v) is 5.94. The van der Waals surface area contributed by atoms with E-state index in [1.165, 1.54) is 18.4 Å². The number of ether oxygens (including phenoxy) is 1. The zero-order valence-electron chi connectivity index (χ0n) is 9.57. The van der Waals surface area contributed by atoms with Gasteiger partial charge in [-0.25, -0.2) is 4.79 Å². The first-order chi connectivity index (χ1) is 7.60. The van der Waals surface area contributed by atoms with Gasteiger partial charge in [0.05, 0.1) is 12.8 Å². The molecule has 1 atom stereocenters. The van der Waals surface area contributed by atoms with E-state index in [0.29, 0.717) is 10.6 Å². The van der Waals surface area contributed by atoms with E-state index in [2.05, 4.69) is 10.1 Å². The fraction of sp³-hybridized carbons (Fsp3) is 0.455. The molecule has 88 valence electrons. The van der Waals surface area contributed by atoms with E-state index in [1.807, 2.05) is 13.8 Å². The Morgan fingerprint density at radius 3 is 2.81 bits per heavy atom. The van der Waals surface area contributed by atoms with Crippen molar-refractivity contribution >= 4 is 28.9 Å². The number of nitrogens with one attached hydrogen (secondary N) is 1. The Hall–Kier alpha value is -1.36. The third-order valence-corrected chi connectivity index (χ3v) is 3.25. The molecule has 0 aliphatic carbocycles. The van der Waals surface area contributed by atoms with Gasteiger partial charge in [0.15, 0.2) is 0 Å². The molecule has 1 aromatic rings. The molecule has 1 heterocycles. The predicted molar refractivity (Wildman–Crippen MR) is 63.7 cm³/mol. The summed E-state index contributed by atoms with van der Waals surface area (Å²) in [5, 5.41) is 4.48. The highest BCUT2D eigenvalue weighted by Crippen LogP contribution is 2.23. The van der Waals surface area contributed by atoms with Crippen LogP contribution in [0.2, 0.25) is 0 Å². The van der Waals surface area contributed by atoms with Crippen LogP contribution in [0.1, 0.15) is 29.9 Å². The first-order valence-electron chi connectivity index (χ1n) is 5.06. The highest BCUT2D eigenvalue weighted by atomic mass is 32.1. The molecule has 0 aliphatic heterocycles. The fourth-order valence-corrected chi connectivity index (χ4v) is 1.87. The summed E-state index contributed by atoms with van der Waals surface area (Å²) in [4.78, 5) is 23.4. The zero-order valence-corrected chi connectivity index (χ0v) is 10.4. The van der Waals surface area contributed by atoms with Gasteiger partial charge in [0.25, 0.3) is 0 Å². The van der Waals surface area contributed by atoms with Gasteiger partial charge in [-0.2, -0.15) is 0 Å². The van der Waals surface area contributed by atoms with E-state index >= 15 is 0 Å². The average Bonchev–Trinajstić information content (AvgIpc) is 2.74. The molecule has 0 aliphatic rings. The molecule has 0 fully saturated rings. The lowest BCUT2D eigenvalue weighted by Gasteiger charge is -2.09. The van der Waals surface area contributed by atoms with Crippen LogP contribution in [0.25, 0.3) is 0 Å². The van der Waals surface area contributed by atoms with E-state index in [9.17, 15) is 9.59 Å². The van der Waals surface area contributed by atoms with Crippen molar-refractivity contribution in [1.82, 2.24) is 0 Å². The molecule has 4 nitrogen and oxygen atoms in total. The fourth-order valence-electron chi connectivity index (χ4n) is 1.10. The molecule has 0 saturated carbocycles. The van der Waals surface area contributed by atoms with Gasteiger partial charge in [-0.3, -0.25) is 4.79 Å². The lowest BCUT2D eigenvalue weighted by molar-refractivity contribution is -0.119. The minimum absolute atomic E-state index is 0.0644. The average molecular weight is 241 g/mol. The highest BCUT2D eigenvalue weighted by molar-refractivity contribution is 7.12. The number of amides is 1. The molecule has 16 heavy (non-hydrogen) atoms. The van der Waals surface area contributed by atoms with Gasteiger partial charge in [0, 0.05) is 5.92 Å². The Labute approximate surface area is 98.6 Å². The molecule has 1 N–H and O–H groups in total. The summed E-state index contributed by atoms with van der Waals surface area (Å²) < 4.78 is 4.62. The number of rotatable bonds is 4. The minimum atomic E-state index is -0.422. The van der Waals surface area contributed by atoms with Crippen LogP contribution in [0.3, 0.4) is 0 Å². The van der Waals surface area contributed by atoms with Crippen molar-refractivity contribution in [2.24, 2.45) is 5.92 Å². The standard InChI is InChI=1S/C11H15NO3S/c1-4-7(2)10(13)12-8-5-6-16-9(8)11(14)15-3/h5-7H,4H2,1-3H3,(H,12,13)/t7-/m0/s1. The Balaban J connectivity index is 2.78. The Morgan fingerprint density at radius 2 is 2.25 bits per heavy atom. The summed E-state index contributed by atoms with van der Waals surface area (Å²) in [7, 11) is 1.32. The van der Waals surface area contributed by atoms with E-state index in [-0.39, 0.29) is 11.8 Å². The van der Waals surface area contributed by atoms with E-state index < -0.39 is 5.97 Å². The second-order valence-corrected chi connectivity index (χ2v) is 4.37. The van der Waals surface area contributed by atoms with Crippen LogP contribution in [-0.2, 0) is 9.53 Å². The molecule has 1 amide bonds. The van der Waals surface area contributed by atoms with Crippen LogP contribution in [0.4, 0.5) is 5.69 Å². The van der Waals surface area contributed by atoms with Crippen molar-refractivity contribution in [1.29, 1.82) is 0 Å². The topological polar surface area (TPSA) is 55.4 Å². The van der Waals surface area contributed by atoms with Gasteiger partial charge < -0.3 is 10.1 Å². The van der Waals surface area contributed by atoms with Crippen molar-refractivity contribution < 1.29 is 14.3 Å². The second kappa shape index (κ2) is 5.65. The van der Waals surface area contributed by atoms with Crippen LogP contribution in [0, 0.1) is 5.92 Å². The van der Waals surface area contributed by atoms with Crippen molar-refractivity contribution in [3.05, 3.63) is 16.3 Å². The number of anilines is 1. The van der Waals surface area contributed by atoms with Gasteiger partial charge in [-0.05, 0) is 17.9 Å². The number of hydrogen-bond donors (Lipinski definition) is 1. The first kappa shape index (κ1) is 12.7. The quantitative estimate of drug-likeness (QED) is 0.824. The van der Waals surface area contributed by atoms with Crippen LogP contribution in [0.15, 0.2) is 11.4 Å². The Morgan fingerprint density at radius 1 is 1.56 bits per heavy atom. The third-order valence-electron chi connectivity index (χ3n) is 2.35. The van der Waals surface area contributed by atoms with E-state index in [1.54, 1.807) is 11.4 Å². The lowest BCUT2D eigenvalue weighted by atomic mass is 10.1. The van der Waals surface area contributed by atoms with Crippen molar-refractivity contribution in [2.75, 3.05) is 12.4 Å². The zero-order chi connectivity index (χ0) is 12.1. The monoisotopic (exact) mass is 241 g/mol. The molecule has 0 spiro atoms. The molecule has 0 bridgehead atoms. The number of carbonyl (C=O) groups is 2. The molecular formula is C11H15NO3S. The van der Waals surface area contributed by atoms with Crippen LogP contribution < -0.4 is 5.32 Å². The van der Waals surface area contributed by atoms with Crippen LogP contribution in [-0.4, -0.2) is 19.0 Å². The molecule has 1 rings (SSSR count). The summed E-state index contributed by atoms with van der Waals surface area (Å²) in [6.45, 7) is 3.79. The minimum Gasteiger partial charge on any atom is -0.465 e. The van der Waals surface area contributed by atoms with Gasteiger partial charge in [0.2, 0.25) is 5.91 Å². The number of carbonyl (C=O) groups excluding carboxylic acids is 2. The number of thiophene rings is 1. The normalized spacial score (nSPS) is 11.9. The van der Waals surface area contributed by atoms with Crippen molar-refractivity contribution in [3.8, 4) is 0 Å². The maximum Gasteiger partial charge on any atom is 0.350 e. The molecular weight excluding hydrogens is 226 g/mol. The predicted octanol–water partition coefficient (Wildman–Crippen LogP) is 2.52. The number of methoxy groups -OCH3 is 1. The summed E-state index contributed by atoms with van der Waals surface area (Å²) in [5.74, 6) is -0.564. The van der Waals surface area contributed by atoms with Gasteiger partial charge >= 0.3 is 5.97 Å². The molecule has 5 heteroatoms. The molecule has 0 unspecified atom stereocenters. The van der Waals surface area contributed by atoms with Crippen LogP contribution in [0.5, 0.6) is 0 Å². The summed E-state index contributed by atoms with van der Waals surface area (Å²) in [6, 6.07) is 1.71. The van der Waals surface area contributed by atoms with E-state index in [4.69, 9.17) is 0 Å². The number of esters is 1. The Bertz CT molecular complexity index is 386. The van der Waals surface area contributed by atoms with Crippen molar-refractivity contribution in [3.63, 3.8) is 0 Å². The Kier molecular flexibility index (Phi) is 4.49. The lowest BCUT2D eigenvalue weighted by Crippen LogP contribution is -2.20. The van der Waals surface area contributed by atoms with Gasteiger partial charge in [-0.15, -0.1) is 11.3 Å². The highest BCUT2D eigenvalue weighted by Gasteiger charge is 2.17. The smallest absolute Gasteiger partial charge is 0.350 e. The maximum absolute atomic E-state index is 11.6. The third kappa shape index (κ3) is 2.82. The van der Waals surface area contributed by atoms with E-state index in [0.717, 1.165) is 6.42 Å². The molecule has 0 radical (unpaired) electrons. The molecule has 0 aromatic carbocycles. The SMILES string of the molecule is CC[C@H](C)C(=O)Nc1ccsc1C(=O)OC. The molecule has 1 aromatic heterocycles. The van der Waals surface area contributed by atoms with Crippen molar-refractivity contribution in [2.45, 2.75) is 20.3 Å². The largest absolute Gasteiger partial charge is 0.465 e. The van der Waals surface area contributed by atoms with Gasteiger partial charge in [0.1, 0.15) is 4.88 Å². The molecule has 0 saturated heterocycles. The summed E-state index contributed by atoms with van der Waals surface area (Å²) in [5.41, 5.74) is 0.530. The van der Waals surface area contributed by atoms with Gasteiger partial charge in [-0.1, -0.05) is 13.8 Å². The summed E-state index contributed by atoms with van der Waals surface area (Å²) >= 11 is 1.25. The maximum atomic E-state index is 11.6.